The van der Waals surface area contributed by atoms with Gasteiger partial charge in [-0.2, -0.15) is 0 Å². The number of anilines is 3. The number of rotatable bonds is 11. The predicted molar refractivity (Wildman–Crippen MR) is 173 cm³/mol. The van der Waals surface area contributed by atoms with Gasteiger partial charge >= 0.3 is 0 Å². The zero-order chi connectivity index (χ0) is 31.2. The third-order valence-corrected chi connectivity index (χ3v) is 9.57. The third kappa shape index (κ3) is 7.01. The zero-order valence-electron chi connectivity index (χ0n) is 23.7. The number of nitrogens with one attached hydrogen (secondary N) is 4. The van der Waals surface area contributed by atoms with Crippen molar-refractivity contribution >= 4 is 51.2 Å². The van der Waals surface area contributed by atoms with E-state index in [1.165, 1.54) is 11.8 Å². The van der Waals surface area contributed by atoms with Gasteiger partial charge in [-0.15, -0.1) is 0 Å². The van der Waals surface area contributed by atoms with E-state index in [4.69, 9.17) is 4.74 Å². The Labute approximate surface area is 264 Å². The Hall–Kier alpha value is -5.11. The first-order chi connectivity index (χ1) is 21.9. The molecule has 11 nitrogen and oxygen atoms in total. The molecule has 0 saturated heterocycles. The number of imidazole rings is 1. The fourth-order valence-corrected chi connectivity index (χ4v) is 7.08. The van der Waals surface area contributed by atoms with Crippen LogP contribution in [-0.4, -0.2) is 36.9 Å². The van der Waals surface area contributed by atoms with Crippen LogP contribution in [0.5, 0.6) is 0 Å². The molecule has 0 bridgehead atoms. The standard InChI is InChI=1S/C32H28N6O5S2/c39-21-34-36-25-11-9-24(10-12-25)35-31(40)22-5-4-6-27(18-22)38-16-15-33-32(38)44-30-20-43-19-23-17-26(13-14-29(23)30)37-45(41,42)28-7-2-1-3-8-28/h1-18,21,30,36-37H,19-20H2,(H,34,39)(H,35,40). The predicted octanol–water partition coefficient (Wildman–Crippen LogP) is 5.36. The van der Waals surface area contributed by atoms with E-state index < -0.39 is 10.0 Å². The molecular weight excluding hydrogens is 613 g/mol. The van der Waals surface area contributed by atoms with E-state index in [0.717, 1.165) is 22.0 Å². The van der Waals surface area contributed by atoms with Crippen LogP contribution in [0.15, 0.2) is 120 Å². The fourth-order valence-electron chi connectivity index (χ4n) is 4.84. The second kappa shape index (κ2) is 13.3. The molecule has 1 aliphatic rings. The number of thioether (sulfide) groups is 1. The molecule has 0 saturated carbocycles. The number of carbonyl (C=O) groups is 2. The summed E-state index contributed by atoms with van der Waals surface area (Å²) in [6.45, 7) is 0.829. The van der Waals surface area contributed by atoms with Gasteiger partial charge in [-0.05, 0) is 77.9 Å². The Morgan fingerprint density at radius 2 is 1.71 bits per heavy atom. The summed E-state index contributed by atoms with van der Waals surface area (Å²) in [5, 5.41) is 3.52. The number of hydrogen-bond acceptors (Lipinski definition) is 8. The van der Waals surface area contributed by atoms with E-state index in [9.17, 15) is 18.0 Å². The van der Waals surface area contributed by atoms with Crippen molar-refractivity contribution in [2.75, 3.05) is 22.1 Å². The van der Waals surface area contributed by atoms with Crippen molar-refractivity contribution < 1.29 is 22.7 Å². The molecule has 1 unspecified atom stereocenters. The quantitative estimate of drug-likeness (QED) is 0.112. The van der Waals surface area contributed by atoms with Crippen LogP contribution in [-0.2, 0) is 26.2 Å². The highest BCUT2D eigenvalue weighted by molar-refractivity contribution is 7.99. The van der Waals surface area contributed by atoms with Gasteiger partial charge in [0, 0.05) is 35.0 Å². The average molecular weight is 641 g/mol. The number of fused-ring (bicyclic) bond motifs is 1. The summed E-state index contributed by atoms with van der Waals surface area (Å²) < 4.78 is 36.1. The van der Waals surface area contributed by atoms with E-state index in [1.54, 1.807) is 79.0 Å². The number of sulfonamides is 1. The normalized spacial score (nSPS) is 14.2. The van der Waals surface area contributed by atoms with Crippen LogP contribution in [0.25, 0.3) is 5.69 Å². The fraction of sp³-hybridized carbons (Fsp3) is 0.0938. The van der Waals surface area contributed by atoms with Crippen LogP contribution in [0.2, 0.25) is 0 Å². The van der Waals surface area contributed by atoms with Crippen LogP contribution in [0.4, 0.5) is 17.1 Å². The van der Waals surface area contributed by atoms with Crippen LogP contribution >= 0.6 is 11.8 Å². The average Bonchev–Trinajstić information content (AvgIpc) is 3.53. The van der Waals surface area contributed by atoms with Crippen LogP contribution < -0.4 is 20.9 Å². The second-order valence-electron chi connectivity index (χ2n) is 10.0. The first-order valence-electron chi connectivity index (χ1n) is 13.8. The molecule has 0 fully saturated rings. The Balaban J connectivity index is 1.16. The zero-order valence-corrected chi connectivity index (χ0v) is 25.3. The lowest BCUT2D eigenvalue weighted by molar-refractivity contribution is -0.109. The van der Waals surface area contributed by atoms with Gasteiger partial charge in [0.2, 0.25) is 6.41 Å². The number of hydrogen-bond donors (Lipinski definition) is 4. The van der Waals surface area contributed by atoms with E-state index in [0.29, 0.717) is 42.2 Å². The molecule has 45 heavy (non-hydrogen) atoms. The van der Waals surface area contributed by atoms with Crippen molar-refractivity contribution in [2.24, 2.45) is 0 Å². The Morgan fingerprint density at radius 3 is 2.51 bits per heavy atom. The maximum absolute atomic E-state index is 13.1. The van der Waals surface area contributed by atoms with Gasteiger partial charge in [-0.1, -0.05) is 42.1 Å². The number of nitrogens with zero attached hydrogens (tertiary/aromatic N) is 2. The van der Waals surface area contributed by atoms with Gasteiger partial charge in [0.15, 0.2) is 5.16 Å². The summed E-state index contributed by atoms with van der Waals surface area (Å²) in [5.74, 6) is -0.272. The van der Waals surface area contributed by atoms with Crippen molar-refractivity contribution in [3.8, 4) is 5.69 Å². The van der Waals surface area contributed by atoms with Crippen molar-refractivity contribution in [2.45, 2.75) is 21.9 Å². The molecule has 1 aromatic heterocycles. The van der Waals surface area contributed by atoms with Gasteiger partial charge in [0.05, 0.1) is 29.0 Å². The monoisotopic (exact) mass is 640 g/mol. The lowest BCUT2D eigenvalue weighted by Gasteiger charge is -2.26. The maximum Gasteiger partial charge on any atom is 0.261 e. The highest BCUT2D eigenvalue weighted by atomic mass is 32.2. The number of aromatic nitrogens is 2. The van der Waals surface area contributed by atoms with E-state index in [1.807, 2.05) is 35.0 Å². The van der Waals surface area contributed by atoms with Crippen molar-refractivity contribution in [1.82, 2.24) is 15.0 Å². The largest absolute Gasteiger partial charge is 0.375 e. The molecule has 4 aromatic carbocycles. The lowest BCUT2D eigenvalue weighted by atomic mass is 10.0. The maximum atomic E-state index is 13.1. The summed E-state index contributed by atoms with van der Waals surface area (Å²) in [5.41, 5.74) is 9.99. The molecule has 6 rings (SSSR count). The molecule has 0 radical (unpaired) electrons. The molecule has 2 heterocycles. The first kappa shape index (κ1) is 29.9. The number of benzene rings is 4. The van der Waals surface area contributed by atoms with Crippen LogP contribution in [0.1, 0.15) is 26.7 Å². The van der Waals surface area contributed by atoms with Gasteiger partial charge in [0.25, 0.3) is 15.9 Å². The molecule has 0 spiro atoms. The molecule has 13 heteroatoms. The summed E-state index contributed by atoms with van der Waals surface area (Å²) in [7, 11) is -3.72. The van der Waals surface area contributed by atoms with Crippen LogP contribution in [0.3, 0.4) is 0 Å². The van der Waals surface area contributed by atoms with Crippen LogP contribution in [0, 0.1) is 0 Å². The van der Waals surface area contributed by atoms with Gasteiger partial charge < -0.3 is 10.1 Å². The van der Waals surface area contributed by atoms with E-state index in [2.05, 4.69) is 25.9 Å². The summed E-state index contributed by atoms with van der Waals surface area (Å²) in [6.07, 6.45) is 4.08. The molecule has 1 aliphatic heterocycles. The highest BCUT2D eigenvalue weighted by Crippen LogP contribution is 2.40. The number of ether oxygens (including phenoxy) is 1. The Morgan fingerprint density at radius 1 is 0.933 bits per heavy atom. The first-order valence-corrected chi connectivity index (χ1v) is 16.2. The van der Waals surface area contributed by atoms with Gasteiger partial charge in [0.1, 0.15) is 0 Å². The topological polar surface area (TPSA) is 143 Å². The summed E-state index contributed by atoms with van der Waals surface area (Å²) >= 11 is 1.53. The molecular formula is C32H28N6O5S2. The molecule has 0 aliphatic carbocycles. The van der Waals surface area contributed by atoms with Crippen molar-refractivity contribution in [3.05, 3.63) is 126 Å². The van der Waals surface area contributed by atoms with Crippen molar-refractivity contribution in [3.63, 3.8) is 0 Å². The third-order valence-electron chi connectivity index (χ3n) is 6.98. The van der Waals surface area contributed by atoms with Crippen molar-refractivity contribution in [1.29, 1.82) is 0 Å². The Kier molecular flexibility index (Phi) is 8.82. The van der Waals surface area contributed by atoms with Gasteiger partial charge in [-0.25, -0.2) is 13.4 Å². The molecule has 1 atom stereocenters. The number of hydrazine groups is 1. The Bertz CT molecular complexity index is 1930. The molecule has 4 N–H and O–H groups in total. The minimum atomic E-state index is -3.72. The second-order valence-corrected chi connectivity index (χ2v) is 12.9. The highest BCUT2D eigenvalue weighted by Gasteiger charge is 2.25. The summed E-state index contributed by atoms with van der Waals surface area (Å²) in [4.78, 5) is 28.3. The molecule has 2 amide bonds. The molecule has 228 valence electrons. The van der Waals surface area contributed by atoms with E-state index >= 15 is 0 Å². The number of amides is 2. The smallest absolute Gasteiger partial charge is 0.261 e. The summed E-state index contributed by atoms with van der Waals surface area (Å²) in [6, 6.07) is 27.9. The molecule has 5 aromatic rings. The van der Waals surface area contributed by atoms with E-state index in [-0.39, 0.29) is 16.1 Å². The SMILES string of the molecule is O=CNNc1ccc(NC(=O)c2cccc(-n3ccnc3SC3COCc4cc(NS(=O)(=O)c5ccccc5)ccc43)c2)cc1. The minimum Gasteiger partial charge on any atom is -0.375 e. The lowest BCUT2D eigenvalue weighted by Crippen LogP contribution is -2.18. The van der Waals surface area contributed by atoms with Gasteiger partial charge in [-0.3, -0.25) is 29.7 Å². The minimum absolute atomic E-state index is 0.0830. The number of carbonyl (C=O) groups excluding carboxylic acids is 2.